The molecule has 0 aliphatic carbocycles. The highest BCUT2D eigenvalue weighted by Crippen LogP contribution is 2.34. The summed E-state index contributed by atoms with van der Waals surface area (Å²) in [6.45, 7) is 1.29. The van der Waals surface area contributed by atoms with Crippen LogP contribution < -0.4 is 0 Å². The van der Waals surface area contributed by atoms with Crippen molar-refractivity contribution < 1.29 is 14.6 Å². The number of likely N-dealkylation sites (N-methyl/N-ethyl adjacent to an activating group) is 1. The Hall–Kier alpha value is -3.12. The molecule has 0 saturated carbocycles. The maximum Gasteiger partial charge on any atom is 0.316 e. The lowest BCUT2D eigenvalue weighted by Crippen LogP contribution is -2.39. The predicted octanol–water partition coefficient (Wildman–Crippen LogP) is 4.50. The minimum absolute atomic E-state index is 0.0622. The first-order chi connectivity index (χ1) is 15.5. The molecule has 1 aliphatic heterocycles. The standard InChI is InChI=1S/C26H25ClN2O3/c1-28-17-18-29(25(30)21-13-7-3-8-14-21)24(28)19-23(20-11-5-2-6-12-20)32-26(27,31)22-15-9-4-10-16-22/h2-16,19,24,31H,17-18H2,1H3/b23-19-. The minimum Gasteiger partial charge on any atom is -0.444 e. The van der Waals surface area contributed by atoms with Crippen LogP contribution in [0.2, 0.25) is 0 Å². The van der Waals surface area contributed by atoms with Gasteiger partial charge in [-0.2, -0.15) is 0 Å². The Labute approximate surface area is 193 Å². The third-order valence-electron chi connectivity index (χ3n) is 5.48. The molecule has 1 heterocycles. The van der Waals surface area contributed by atoms with Crippen molar-refractivity contribution in [2.75, 3.05) is 20.1 Å². The zero-order valence-electron chi connectivity index (χ0n) is 17.8. The lowest BCUT2D eigenvalue weighted by molar-refractivity contribution is -0.0884. The molecule has 5 nitrogen and oxygen atoms in total. The van der Waals surface area contributed by atoms with E-state index < -0.39 is 5.25 Å². The topological polar surface area (TPSA) is 53.0 Å². The molecule has 3 aromatic rings. The molecule has 1 saturated heterocycles. The lowest BCUT2D eigenvalue weighted by atomic mass is 10.1. The summed E-state index contributed by atoms with van der Waals surface area (Å²) in [6.07, 6.45) is 1.47. The van der Waals surface area contributed by atoms with E-state index >= 15 is 0 Å². The minimum atomic E-state index is -2.06. The van der Waals surface area contributed by atoms with E-state index in [1.165, 1.54) is 0 Å². The summed E-state index contributed by atoms with van der Waals surface area (Å²) in [5, 5.41) is 8.86. The van der Waals surface area contributed by atoms with Gasteiger partial charge in [0.25, 0.3) is 5.91 Å². The number of benzene rings is 3. The number of aliphatic hydroxyl groups is 1. The van der Waals surface area contributed by atoms with Crippen LogP contribution in [-0.4, -0.2) is 47.1 Å². The van der Waals surface area contributed by atoms with Crippen LogP contribution in [0.15, 0.2) is 97.1 Å². The molecule has 0 spiro atoms. The number of hydrogen-bond donors (Lipinski definition) is 1. The molecule has 1 fully saturated rings. The van der Waals surface area contributed by atoms with Gasteiger partial charge >= 0.3 is 5.25 Å². The number of halogens is 1. The Kier molecular flexibility index (Phi) is 6.61. The number of hydrogen-bond acceptors (Lipinski definition) is 4. The first-order valence-electron chi connectivity index (χ1n) is 10.4. The van der Waals surface area contributed by atoms with Crippen LogP contribution in [0.25, 0.3) is 5.76 Å². The summed E-state index contributed by atoms with van der Waals surface area (Å²) in [5.41, 5.74) is 1.79. The Morgan fingerprint density at radius 3 is 2.06 bits per heavy atom. The number of ether oxygens (including phenoxy) is 1. The van der Waals surface area contributed by atoms with E-state index in [2.05, 4.69) is 4.90 Å². The van der Waals surface area contributed by atoms with Gasteiger partial charge in [-0.3, -0.25) is 9.69 Å². The number of carbonyl (C=O) groups is 1. The van der Waals surface area contributed by atoms with Crippen LogP contribution in [0.5, 0.6) is 0 Å². The van der Waals surface area contributed by atoms with E-state index in [1.54, 1.807) is 29.2 Å². The monoisotopic (exact) mass is 448 g/mol. The van der Waals surface area contributed by atoms with E-state index in [0.29, 0.717) is 30.0 Å². The number of amides is 1. The number of carbonyl (C=O) groups excluding carboxylic acids is 1. The molecule has 32 heavy (non-hydrogen) atoms. The fraction of sp³-hybridized carbons (Fsp3) is 0.192. The molecule has 0 radical (unpaired) electrons. The molecule has 164 valence electrons. The van der Waals surface area contributed by atoms with Crippen LogP contribution in [0.1, 0.15) is 21.5 Å². The summed E-state index contributed by atoms with van der Waals surface area (Å²) in [6, 6.07) is 27.4. The maximum atomic E-state index is 13.2. The molecule has 3 aromatic carbocycles. The highest BCUT2D eigenvalue weighted by Gasteiger charge is 2.35. The average Bonchev–Trinajstić information content (AvgIpc) is 3.19. The van der Waals surface area contributed by atoms with Gasteiger partial charge in [-0.15, -0.1) is 0 Å². The Bertz CT molecular complexity index is 1070. The Morgan fingerprint density at radius 1 is 0.938 bits per heavy atom. The molecular formula is C26H25ClN2O3. The molecule has 1 amide bonds. The van der Waals surface area contributed by atoms with E-state index in [4.69, 9.17) is 16.3 Å². The largest absolute Gasteiger partial charge is 0.444 e. The smallest absolute Gasteiger partial charge is 0.316 e. The van der Waals surface area contributed by atoms with Gasteiger partial charge in [0.1, 0.15) is 11.9 Å². The summed E-state index contributed by atoms with van der Waals surface area (Å²) >= 11 is 6.42. The van der Waals surface area contributed by atoms with Crippen LogP contribution >= 0.6 is 11.6 Å². The second kappa shape index (κ2) is 9.57. The van der Waals surface area contributed by atoms with Crippen molar-refractivity contribution in [2.45, 2.75) is 11.4 Å². The predicted molar refractivity (Wildman–Crippen MR) is 126 cm³/mol. The first-order valence-corrected chi connectivity index (χ1v) is 10.8. The van der Waals surface area contributed by atoms with Gasteiger partial charge in [0, 0.05) is 29.8 Å². The molecule has 4 rings (SSSR count). The molecule has 1 aliphatic rings. The number of nitrogens with zero attached hydrogens (tertiary/aromatic N) is 2. The first kappa shape index (κ1) is 22.1. The fourth-order valence-corrected chi connectivity index (χ4v) is 3.94. The van der Waals surface area contributed by atoms with Gasteiger partial charge in [-0.1, -0.05) is 78.9 Å². The van der Waals surface area contributed by atoms with Crippen molar-refractivity contribution in [2.24, 2.45) is 0 Å². The third-order valence-corrected chi connectivity index (χ3v) is 5.78. The van der Waals surface area contributed by atoms with E-state index in [-0.39, 0.29) is 12.1 Å². The van der Waals surface area contributed by atoms with Gasteiger partial charge in [0.2, 0.25) is 0 Å². The van der Waals surface area contributed by atoms with Crippen molar-refractivity contribution in [3.63, 3.8) is 0 Å². The summed E-state index contributed by atoms with van der Waals surface area (Å²) in [7, 11) is 1.95. The van der Waals surface area contributed by atoms with Gasteiger partial charge in [0.05, 0.1) is 0 Å². The Balaban J connectivity index is 1.70. The van der Waals surface area contributed by atoms with Crippen molar-refractivity contribution in [1.82, 2.24) is 9.80 Å². The zero-order chi connectivity index (χ0) is 22.6. The fourth-order valence-electron chi connectivity index (χ4n) is 3.73. The zero-order valence-corrected chi connectivity index (χ0v) is 18.5. The second-order valence-electron chi connectivity index (χ2n) is 7.69. The molecule has 6 heteroatoms. The molecule has 2 unspecified atom stereocenters. The summed E-state index contributed by atoms with van der Waals surface area (Å²) in [4.78, 5) is 17.0. The van der Waals surface area contributed by atoms with E-state index in [0.717, 1.165) is 5.56 Å². The van der Waals surface area contributed by atoms with Gasteiger partial charge in [-0.25, -0.2) is 0 Å². The molecule has 2 atom stereocenters. The van der Waals surface area contributed by atoms with Crippen molar-refractivity contribution >= 4 is 23.3 Å². The highest BCUT2D eigenvalue weighted by molar-refractivity contribution is 6.22. The lowest BCUT2D eigenvalue weighted by Gasteiger charge is -2.29. The normalized spacial score (nSPS) is 18.9. The van der Waals surface area contributed by atoms with Crippen LogP contribution in [0.3, 0.4) is 0 Å². The highest BCUT2D eigenvalue weighted by atomic mass is 35.5. The SMILES string of the molecule is CN1CCN(C(=O)c2ccccc2)C1/C=C(\OC(O)(Cl)c1ccccc1)c1ccccc1. The molecule has 0 bridgehead atoms. The average molecular weight is 449 g/mol. The molecule has 0 aromatic heterocycles. The van der Waals surface area contributed by atoms with Crippen molar-refractivity contribution in [3.8, 4) is 0 Å². The second-order valence-corrected chi connectivity index (χ2v) is 8.20. The quantitative estimate of drug-likeness (QED) is 0.343. The number of alkyl halides is 1. The van der Waals surface area contributed by atoms with Crippen LogP contribution in [0.4, 0.5) is 0 Å². The maximum absolute atomic E-state index is 13.2. The summed E-state index contributed by atoms with van der Waals surface area (Å²) < 4.78 is 5.97. The van der Waals surface area contributed by atoms with Gasteiger partial charge in [-0.05, 0) is 36.9 Å². The van der Waals surface area contributed by atoms with Crippen molar-refractivity contribution in [3.05, 3.63) is 114 Å². The van der Waals surface area contributed by atoms with Crippen molar-refractivity contribution in [1.29, 1.82) is 0 Å². The summed E-state index contributed by atoms with van der Waals surface area (Å²) in [5.74, 6) is 0.323. The molecule has 1 N–H and O–H groups in total. The van der Waals surface area contributed by atoms with Gasteiger partial charge < -0.3 is 14.7 Å². The van der Waals surface area contributed by atoms with E-state index in [1.807, 2.05) is 79.9 Å². The van der Waals surface area contributed by atoms with Crippen LogP contribution in [0, 0.1) is 0 Å². The van der Waals surface area contributed by atoms with Gasteiger partial charge in [0.15, 0.2) is 0 Å². The number of rotatable bonds is 6. The molecular weight excluding hydrogens is 424 g/mol. The Morgan fingerprint density at radius 2 is 1.47 bits per heavy atom. The van der Waals surface area contributed by atoms with Crippen LogP contribution in [-0.2, 0) is 9.98 Å². The van der Waals surface area contributed by atoms with E-state index in [9.17, 15) is 9.90 Å². The third kappa shape index (κ3) is 4.86.